The summed E-state index contributed by atoms with van der Waals surface area (Å²) in [5, 5.41) is 2.92. The van der Waals surface area contributed by atoms with Crippen molar-refractivity contribution < 1.29 is 23.5 Å². The van der Waals surface area contributed by atoms with Crippen molar-refractivity contribution in [3.63, 3.8) is 0 Å². The Morgan fingerprint density at radius 2 is 1.78 bits per heavy atom. The Kier molecular flexibility index (Phi) is 9.56. The van der Waals surface area contributed by atoms with Crippen LogP contribution in [-0.2, 0) is 22.6 Å². The Labute approximate surface area is 217 Å². The van der Waals surface area contributed by atoms with Crippen molar-refractivity contribution in [3.8, 4) is 5.75 Å². The number of amides is 3. The summed E-state index contributed by atoms with van der Waals surface area (Å²) in [6.07, 6.45) is 1.59. The second kappa shape index (κ2) is 13.5. The molecule has 3 aromatic rings. The molecule has 9 nitrogen and oxygen atoms in total. The molecule has 1 aromatic heterocycles. The van der Waals surface area contributed by atoms with Crippen molar-refractivity contribution in [2.75, 3.05) is 58.4 Å². The summed E-state index contributed by atoms with van der Waals surface area (Å²) < 4.78 is 16.2. The molecule has 0 radical (unpaired) electrons. The van der Waals surface area contributed by atoms with Gasteiger partial charge in [0.15, 0.2) is 0 Å². The van der Waals surface area contributed by atoms with E-state index in [9.17, 15) is 9.59 Å². The third-order valence-electron chi connectivity index (χ3n) is 6.22. The molecule has 4 rings (SSSR count). The lowest BCUT2D eigenvalue weighted by molar-refractivity contribution is -0.133. The minimum atomic E-state index is -0.340. The average molecular weight is 507 g/mol. The summed E-state index contributed by atoms with van der Waals surface area (Å²) >= 11 is 0. The van der Waals surface area contributed by atoms with E-state index in [0.717, 1.165) is 18.7 Å². The number of furan rings is 1. The first-order valence-electron chi connectivity index (χ1n) is 12.4. The molecule has 9 heteroatoms. The molecule has 1 fully saturated rings. The number of carbonyl (C=O) groups excluding carboxylic acids is 2. The minimum Gasteiger partial charge on any atom is -0.497 e. The highest BCUT2D eigenvalue weighted by molar-refractivity contribution is 5.92. The lowest BCUT2D eigenvalue weighted by Crippen LogP contribution is -2.48. The molecule has 1 saturated heterocycles. The number of anilines is 1. The van der Waals surface area contributed by atoms with Gasteiger partial charge in [0.2, 0.25) is 5.91 Å². The number of carbonyl (C=O) groups is 2. The topological polar surface area (TPSA) is 87.5 Å². The van der Waals surface area contributed by atoms with Gasteiger partial charge in [0.25, 0.3) is 0 Å². The Hall–Kier alpha value is -3.82. The quantitative estimate of drug-likeness (QED) is 0.427. The van der Waals surface area contributed by atoms with Crippen LogP contribution in [0.3, 0.4) is 0 Å². The van der Waals surface area contributed by atoms with Gasteiger partial charge in [-0.1, -0.05) is 36.4 Å². The minimum absolute atomic E-state index is 0.0618. The molecule has 1 aliphatic rings. The van der Waals surface area contributed by atoms with Crippen LogP contribution < -0.4 is 10.1 Å². The number of ether oxygens (including phenoxy) is 2. The second-order valence-corrected chi connectivity index (χ2v) is 8.85. The molecule has 0 atom stereocenters. The van der Waals surface area contributed by atoms with Crippen molar-refractivity contribution >= 4 is 17.6 Å². The van der Waals surface area contributed by atoms with Gasteiger partial charge in [0.05, 0.1) is 33.1 Å². The molecular formula is C28H34N4O5. The molecule has 1 N–H and O–H groups in total. The van der Waals surface area contributed by atoms with Crippen molar-refractivity contribution in [1.29, 1.82) is 0 Å². The molecule has 0 aliphatic carbocycles. The number of hydrogen-bond donors (Lipinski definition) is 1. The summed E-state index contributed by atoms with van der Waals surface area (Å²) in [4.78, 5) is 32.5. The van der Waals surface area contributed by atoms with E-state index in [-0.39, 0.29) is 18.5 Å². The van der Waals surface area contributed by atoms with E-state index in [1.807, 2.05) is 48.5 Å². The van der Waals surface area contributed by atoms with Crippen molar-refractivity contribution in [1.82, 2.24) is 14.7 Å². The first kappa shape index (κ1) is 26.2. The highest BCUT2D eigenvalue weighted by atomic mass is 16.5. The number of hydrogen-bond acceptors (Lipinski definition) is 6. The average Bonchev–Trinajstić information content (AvgIpc) is 3.45. The van der Waals surface area contributed by atoms with Gasteiger partial charge in [0.1, 0.15) is 18.1 Å². The lowest BCUT2D eigenvalue weighted by Gasteiger charge is -2.31. The Morgan fingerprint density at radius 1 is 0.973 bits per heavy atom. The summed E-state index contributed by atoms with van der Waals surface area (Å²) in [5.41, 5.74) is 1.60. The van der Waals surface area contributed by atoms with Crippen LogP contribution in [0.2, 0.25) is 0 Å². The number of nitrogens with zero attached hydrogens (tertiary/aromatic N) is 3. The number of urea groups is 1. The van der Waals surface area contributed by atoms with Crippen LogP contribution >= 0.6 is 0 Å². The zero-order valence-electron chi connectivity index (χ0n) is 21.2. The molecule has 196 valence electrons. The molecule has 0 bridgehead atoms. The van der Waals surface area contributed by atoms with Crippen LogP contribution in [0.25, 0.3) is 0 Å². The molecule has 1 aliphatic heterocycles. The molecule has 2 heterocycles. The maximum absolute atomic E-state index is 13.6. The molecule has 0 unspecified atom stereocenters. The number of rotatable bonds is 11. The fraction of sp³-hybridized carbons (Fsp3) is 0.357. The van der Waals surface area contributed by atoms with Crippen molar-refractivity contribution in [2.24, 2.45) is 0 Å². The van der Waals surface area contributed by atoms with E-state index in [4.69, 9.17) is 13.9 Å². The molecule has 0 spiro atoms. The van der Waals surface area contributed by atoms with Gasteiger partial charge < -0.3 is 29.0 Å². The van der Waals surface area contributed by atoms with E-state index in [1.165, 1.54) is 0 Å². The summed E-state index contributed by atoms with van der Waals surface area (Å²) in [5.74, 6) is 1.16. The van der Waals surface area contributed by atoms with Crippen LogP contribution in [0.15, 0.2) is 77.4 Å². The summed E-state index contributed by atoms with van der Waals surface area (Å²) in [6.45, 7) is 4.67. The van der Waals surface area contributed by atoms with E-state index in [0.29, 0.717) is 56.6 Å². The van der Waals surface area contributed by atoms with Gasteiger partial charge in [-0.25, -0.2) is 4.79 Å². The fourth-order valence-electron chi connectivity index (χ4n) is 4.13. The molecule has 2 aromatic carbocycles. The summed E-state index contributed by atoms with van der Waals surface area (Å²) in [7, 11) is 1.58. The Balaban J connectivity index is 1.48. The van der Waals surface area contributed by atoms with E-state index in [1.54, 1.807) is 41.4 Å². The largest absolute Gasteiger partial charge is 0.497 e. The van der Waals surface area contributed by atoms with E-state index < -0.39 is 0 Å². The zero-order chi connectivity index (χ0) is 25.9. The van der Waals surface area contributed by atoms with Crippen LogP contribution in [-0.4, -0.2) is 79.7 Å². The lowest BCUT2D eigenvalue weighted by atomic mass is 10.2. The number of benzene rings is 2. The van der Waals surface area contributed by atoms with Gasteiger partial charge >= 0.3 is 6.03 Å². The first-order valence-corrected chi connectivity index (χ1v) is 12.4. The third-order valence-corrected chi connectivity index (χ3v) is 6.22. The normalized spacial score (nSPS) is 13.6. The molecule has 3 amide bonds. The number of methoxy groups -OCH3 is 1. The van der Waals surface area contributed by atoms with Gasteiger partial charge in [-0.3, -0.25) is 9.69 Å². The molecular weight excluding hydrogens is 472 g/mol. The highest BCUT2D eigenvalue weighted by Crippen LogP contribution is 2.18. The molecule has 0 saturated carbocycles. The standard InChI is InChI=1S/C28H34N4O5/c1-35-25-10-5-9-24(19-25)29-28(34)31(13-12-30-14-17-36-18-15-30)22-27(33)32(21-26-11-6-16-37-26)20-23-7-3-2-4-8-23/h2-11,16,19H,12-15,17-18,20-22H2,1H3,(H,29,34). The molecule has 37 heavy (non-hydrogen) atoms. The van der Waals surface area contributed by atoms with Gasteiger partial charge in [-0.15, -0.1) is 0 Å². The Bertz CT molecular complexity index is 1120. The fourth-order valence-corrected chi connectivity index (χ4v) is 4.13. The van der Waals surface area contributed by atoms with Gasteiger partial charge in [0, 0.05) is 44.5 Å². The van der Waals surface area contributed by atoms with Crippen LogP contribution in [0.1, 0.15) is 11.3 Å². The van der Waals surface area contributed by atoms with Crippen LogP contribution in [0.5, 0.6) is 5.75 Å². The third kappa shape index (κ3) is 8.09. The highest BCUT2D eigenvalue weighted by Gasteiger charge is 2.24. The number of morpholine rings is 1. The predicted molar refractivity (Wildman–Crippen MR) is 140 cm³/mol. The maximum Gasteiger partial charge on any atom is 0.322 e. The smallest absolute Gasteiger partial charge is 0.322 e. The van der Waals surface area contributed by atoms with Crippen molar-refractivity contribution in [3.05, 3.63) is 84.3 Å². The van der Waals surface area contributed by atoms with Crippen LogP contribution in [0, 0.1) is 0 Å². The Morgan fingerprint density at radius 3 is 2.51 bits per heavy atom. The van der Waals surface area contributed by atoms with E-state index >= 15 is 0 Å². The van der Waals surface area contributed by atoms with E-state index in [2.05, 4.69) is 10.2 Å². The van der Waals surface area contributed by atoms with Crippen LogP contribution in [0.4, 0.5) is 10.5 Å². The van der Waals surface area contributed by atoms with Crippen molar-refractivity contribution in [2.45, 2.75) is 13.1 Å². The van der Waals surface area contributed by atoms with Gasteiger partial charge in [-0.05, 0) is 29.8 Å². The first-order chi connectivity index (χ1) is 18.1. The SMILES string of the molecule is COc1cccc(NC(=O)N(CCN2CCOCC2)CC(=O)N(Cc2ccccc2)Cc2ccco2)c1. The summed E-state index contributed by atoms with van der Waals surface area (Å²) in [6, 6.07) is 20.3. The number of nitrogens with one attached hydrogen (secondary N) is 1. The zero-order valence-corrected chi connectivity index (χ0v) is 21.2. The maximum atomic E-state index is 13.6. The monoisotopic (exact) mass is 506 g/mol. The van der Waals surface area contributed by atoms with Gasteiger partial charge in [-0.2, -0.15) is 0 Å². The predicted octanol–water partition coefficient (Wildman–Crippen LogP) is 3.68. The second-order valence-electron chi connectivity index (χ2n) is 8.85.